The molecule has 1 fully saturated rings. The van der Waals surface area contributed by atoms with E-state index in [1.807, 2.05) is 25.1 Å². The van der Waals surface area contributed by atoms with Crippen molar-refractivity contribution in [3.05, 3.63) is 40.4 Å². The molecule has 1 aliphatic heterocycles. The second kappa shape index (κ2) is 5.55. The van der Waals surface area contributed by atoms with Gasteiger partial charge in [0.2, 0.25) is 5.91 Å². The predicted octanol–water partition coefficient (Wildman–Crippen LogP) is 2.25. The van der Waals surface area contributed by atoms with Crippen molar-refractivity contribution in [2.75, 3.05) is 13.1 Å². The van der Waals surface area contributed by atoms with Gasteiger partial charge in [-0.3, -0.25) is 4.79 Å². The topological polar surface area (TPSA) is 40.5 Å². The molecule has 1 amide bonds. The Bertz CT molecular complexity index is 485. The van der Waals surface area contributed by atoms with Gasteiger partial charge in [0.25, 0.3) is 0 Å². The number of carbonyl (C=O) groups excluding carboxylic acids is 1. The number of carbonyl (C=O) groups is 1. The summed E-state index contributed by atoms with van der Waals surface area (Å²) in [6.45, 7) is 2.99. The Hall–Kier alpha value is -1.32. The Morgan fingerprint density at radius 1 is 1.56 bits per heavy atom. The Morgan fingerprint density at radius 3 is 2.94 bits per heavy atom. The molecule has 18 heavy (non-hydrogen) atoms. The van der Waals surface area contributed by atoms with E-state index in [-0.39, 0.29) is 12.0 Å². The SMILES string of the molecule is Cc1ccc(C=CC(=O)N2CC[C@@H](O)C2)cc1Cl. The summed E-state index contributed by atoms with van der Waals surface area (Å²) in [7, 11) is 0. The van der Waals surface area contributed by atoms with Crippen LogP contribution in [0, 0.1) is 6.92 Å². The lowest BCUT2D eigenvalue weighted by Crippen LogP contribution is -2.27. The summed E-state index contributed by atoms with van der Waals surface area (Å²) in [6.07, 6.45) is 3.56. The minimum atomic E-state index is -0.379. The summed E-state index contributed by atoms with van der Waals surface area (Å²) in [5.74, 6) is -0.0664. The van der Waals surface area contributed by atoms with Crippen LogP contribution in [0.4, 0.5) is 0 Å². The molecule has 0 aromatic heterocycles. The molecule has 96 valence electrons. The van der Waals surface area contributed by atoms with Gasteiger partial charge in [-0.05, 0) is 36.6 Å². The first-order chi connectivity index (χ1) is 8.56. The number of amides is 1. The Balaban J connectivity index is 2.02. The van der Waals surface area contributed by atoms with Crippen LogP contribution in [0.25, 0.3) is 6.08 Å². The first kappa shape index (κ1) is 13.1. The fourth-order valence-corrected chi connectivity index (χ4v) is 2.12. The van der Waals surface area contributed by atoms with Crippen molar-refractivity contribution in [2.24, 2.45) is 0 Å². The summed E-state index contributed by atoms with van der Waals surface area (Å²) in [6, 6.07) is 5.68. The lowest BCUT2D eigenvalue weighted by Gasteiger charge is -2.12. The molecule has 0 aliphatic carbocycles. The smallest absolute Gasteiger partial charge is 0.246 e. The number of likely N-dealkylation sites (tertiary alicyclic amines) is 1. The fourth-order valence-electron chi connectivity index (χ4n) is 1.93. The lowest BCUT2D eigenvalue weighted by atomic mass is 10.1. The van der Waals surface area contributed by atoms with Gasteiger partial charge in [-0.15, -0.1) is 0 Å². The molecule has 2 rings (SSSR count). The Kier molecular flexibility index (Phi) is 4.04. The van der Waals surface area contributed by atoms with Crippen molar-refractivity contribution in [1.82, 2.24) is 4.90 Å². The highest BCUT2D eigenvalue weighted by Crippen LogP contribution is 2.18. The standard InChI is InChI=1S/C14H16ClNO2/c1-10-2-3-11(8-13(10)15)4-5-14(18)16-7-6-12(17)9-16/h2-5,8,12,17H,6-7,9H2,1H3/t12-/m1/s1. The normalized spacial score (nSPS) is 19.7. The molecule has 1 aromatic rings. The van der Waals surface area contributed by atoms with Crippen LogP contribution in [0.15, 0.2) is 24.3 Å². The highest BCUT2D eigenvalue weighted by Gasteiger charge is 2.22. The van der Waals surface area contributed by atoms with E-state index in [1.54, 1.807) is 11.0 Å². The number of hydrogen-bond donors (Lipinski definition) is 1. The summed E-state index contributed by atoms with van der Waals surface area (Å²) in [5, 5.41) is 10.1. The average Bonchev–Trinajstić information content (AvgIpc) is 2.77. The van der Waals surface area contributed by atoms with Gasteiger partial charge < -0.3 is 10.0 Å². The fraction of sp³-hybridized carbons (Fsp3) is 0.357. The maximum Gasteiger partial charge on any atom is 0.246 e. The van der Waals surface area contributed by atoms with E-state index in [4.69, 9.17) is 11.6 Å². The molecule has 1 saturated heterocycles. The van der Waals surface area contributed by atoms with Crippen LogP contribution < -0.4 is 0 Å². The van der Waals surface area contributed by atoms with Gasteiger partial charge in [0.15, 0.2) is 0 Å². The van der Waals surface area contributed by atoms with Crippen molar-refractivity contribution in [2.45, 2.75) is 19.4 Å². The van der Waals surface area contributed by atoms with E-state index in [0.29, 0.717) is 24.5 Å². The van der Waals surface area contributed by atoms with E-state index in [2.05, 4.69) is 0 Å². The lowest BCUT2D eigenvalue weighted by molar-refractivity contribution is -0.125. The number of aryl methyl sites for hydroxylation is 1. The maximum atomic E-state index is 11.8. The second-order valence-corrected chi connectivity index (χ2v) is 4.98. The molecule has 0 spiro atoms. The van der Waals surface area contributed by atoms with Gasteiger partial charge in [-0.2, -0.15) is 0 Å². The number of aliphatic hydroxyl groups is 1. The number of aliphatic hydroxyl groups excluding tert-OH is 1. The van der Waals surface area contributed by atoms with Gasteiger partial charge in [0.05, 0.1) is 6.10 Å². The van der Waals surface area contributed by atoms with Gasteiger partial charge >= 0.3 is 0 Å². The number of rotatable bonds is 2. The highest BCUT2D eigenvalue weighted by molar-refractivity contribution is 6.31. The maximum absolute atomic E-state index is 11.8. The van der Waals surface area contributed by atoms with Gasteiger partial charge in [-0.1, -0.05) is 23.7 Å². The summed E-state index contributed by atoms with van der Waals surface area (Å²) in [5.41, 5.74) is 1.92. The average molecular weight is 266 g/mol. The first-order valence-electron chi connectivity index (χ1n) is 5.97. The zero-order valence-electron chi connectivity index (χ0n) is 10.3. The number of hydrogen-bond acceptors (Lipinski definition) is 2. The van der Waals surface area contributed by atoms with Crippen LogP contribution in [0.2, 0.25) is 5.02 Å². The molecule has 0 radical (unpaired) electrons. The van der Waals surface area contributed by atoms with Gasteiger partial charge in [0, 0.05) is 24.2 Å². The van der Waals surface area contributed by atoms with Crippen LogP contribution in [-0.4, -0.2) is 35.1 Å². The molecule has 0 saturated carbocycles. The Morgan fingerprint density at radius 2 is 2.33 bits per heavy atom. The zero-order valence-corrected chi connectivity index (χ0v) is 11.0. The van der Waals surface area contributed by atoms with Crippen LogP contribution >= 0.6 is 11.6 Å². The van der Waals surface area contributed by atoms with Crippen LogP contribution in [0.3, 0.4) is 0 Å². The highest BCUT2D eigenvalue weighted by atomic mass is 35.5. The van der Waals surface area contributed by atoms with E-state index in [9.17, 15) is 9.90 Å². The minimum Gasteiger partial charge on any atom is -0.391 e. The van der Waals surface area contributed by atoms with E-state index in [1.165, 1.54) is 6.08 Å². The van der Waals surface area contributed by atoms with Crippen molar-refractivity contribution >= 4 is 23.6 Å². The molecule has 1 atom stereocenters. The second-order valence-electron chi connectivity index (χ2n) is 4.57. The molecule has 0 unspecified atom stereocenters. The predicted molar refractivity (Wildman–Crippen MR) is 72.4 cm³/mol. The summed E-state index contributed by atoms with van der Waals surface area (Å²) < 4.78 is 0. The van der Waals surface area contributed by atoms with Crippen molar-refractivity contribution < 1.29 is 9.90 Å². The number of halogens is 1. The van der Waals surface area contributed by atoms with Crippen LogP contribution in [-0.2, 0) is 4.79 Å². The van der Waals surface area contributed by atoms with Gasteiger partial charge in [0.1, 0.15) is 0 Å². The third kappa shape index (κ3) is 3.12. The summed E-state index contributed by atoms with van der Waals surface area (Å²) in [4.78, 5) is 13.5. The molecule has 1 aromatic carbocycles. The third-order valence-electron chi connectivity index (χ3n) is 3.09. The molecule has 0 bridgehead atoms. The molecule has 4 heteroatoms. The zero-order chi connectivity index (χ0) is 13.1. The van der Waals surface area contributed by atoms with Crippen molar-refractivity contribution in [3.63, 3.8) is 0 Å². The molecular weight excluding hydrogens is 250 g/mol. The van der Waals surface area contributed by atoms with Crippen LogP contribution in [0.5, 0.6) is 0 Å². The molecule has 1 aliphatic rings. The van der Waals surface area contributed by atoms with E-state index in [0.717, 1.165) is 11.1 Å². The quantitative estimate of drug-likeness (QED) is 0.834. The number of β-amino-alcohol motifs (C(OH)–C–C–N with tert-alkyl or cyclic N) is 1. The molecular formula is C14H16ClNO2. The summed E-state index contributed by atoms with van der Waals surface area (Å²) >= 11 is 6.01. The van der Waals surface area contributed by atoms with Gasteiger partial charge in [-0.25, -0.2) is 0 Å². The third-order valence-corrected chi connectivity index (χ3v) is 3.50. The van der Waals surface area contributed by atoms with Crippen LogP contribution in [0.1, 0.15) is 17.5 Å². The molecule has 3 nitrogen and oxygen atoms in total. The molecule has 1 heterocycles. The van der Waals surface area contributed by atoms with E-state index < -0.39 is 0 Å². The first-order valence-corrected chi connectivity index (χ1v) is 6.35. The molecule has 1 N–H and O–H groups in total. The number of benzene rings is 1. The van der Waals surface area contributed by atoms with E-state index >= 15 is 0 Å². The number of nitrogens with zero attached hydrogens (tertiary/aromatic N) is 1. The van der Waals surface area contributed by atoms with Crippen molar-refractivity contribution in [1.29, 1.82) is 0 Å². The monoisotopic (exact) mass is 265 g/mol. The minimum absolute atomic E-state index is 0.0664. The van der Waals surface area contributed by atoms with Crippen molar-refractivity contribution in [3.8, 4) is 0 Å². The largest absolute Gasteiger partial charge is 0.391 e. The Labute approximate surface area is 112 Å².